The topological polar surface area (TPSA) is 92.3 Å². The maximum absolute atomic E-state index is 13.6. The van der Waals surface area contributed by atoms with Gasteiger partial charge < -0.3 is 14.0 Å². The van der Waals surface area contributed by atoms with Gasteiger partial charge in [0.2, 0.25) is 18.5 Å². The van der Waals surface area contributed by atoms with E-state index in [9.17, 15) is 4.79 Å². The molecule has 0 atom stereocenters. The minimum atomic E-state index is -0.188. The highest BCUT2D eigenvalue weighted by Crippen LogP contribution is 2.35. The number of fused-ring (bicyclic) bond motifs is 2. The third kappa shape index (κ3) is 4.11. The van der Waals surface area contributed by atoms with Crippen LogP contribution in [0.5, 0.6) is 11.5 Å². The molecule has 1 aliphatic rings. The lowest BCUT2D eigenvalue weighted by atomic mass is 10.1. The average Bonchev–Trinajstić information content (AvgIpc) is 3.57. The molecular weight excluding hydrogens is 476 g/mol. The zero-order valence-corrected chi connectivity index (χ0v) is 20.5. The third-order valence-electron chi connectivity index (χ3n) is 6.04. The molecule has 8 nitrogen and oxygen atoms in total. The Hall–Kier alpha value is -4.11. The molecule has 36 heavy (non-hydrogen) atoms. The second kappa shape index (κ2) is 9.16. The van der Waals surface area contributed by atoms with Gasteiger partial charge in [-0.2, -0.15) is 4.98 Å². The number of thioether (sulfide) groups is 1. The molecule has 0 amide bonds. The molecule has 0 saturated carbocycles. The first kappa shape index (κ1) is 22.4. The van der Waals surface area contributed by atoms with E-state index in [0.717, 1.165) is 23.2 Å². The second-order valence-corrected chi connectivity index (χ2v) is 9.39. The van der Waals surface area contributed by atoms with Crippen molar-refractivity contribution < 1.29 is 14.0 Å². The molecule has 6 rings (SSSR count). The van der Waals surface area contributed by atoms with E-state index >= 15 is 0 Å². The zero-order chi connectivity index (χ0) is 24.6. The minimum absolute atomic E-state index is 0.125. The van der Waals surface area contributed by atoms with Crippen LogP contribution >= 0.6 is 11.8 Å². The number of rotatable bonds is 6. The summed E-state index contributed by atoms with van der Waals surface area (Å²) >= 11 is 1.36. The van der Waals surface area contributed by atoms with Crippen LogP contribution < -0.4 is 15.0 Å². The van der Waals surface area contributed by atoms with Crippen LogP contribution in [0, 0.1) is 6.92 Å². The Kier molecular flexibility index (Phi) is 5.69. The maximum Gasteiger partial charge on any atom is 0.266 e. The molecule has 0 aliphatic carbocycles. The van der Waals surface area contributed by atoms with E-state index in [1.165, 1.54) is 17.3 Å². The molecule has 3 heterocycles. The maximum atomic E-state index is 13.6. The predicted octanol–water partition coefficient (Wildman–Crippen LogP) is 5.33. The van der Waals surface area contributed by atoms with Crippen LogP contribution in [0.2, 0.25) is 0 Å². The van der Waals surface area contributed by atoms with Crippen molar-refractivity contribution in [1.29, 1.82) is 0 Å². The van der Waals surface area contributed by atoms with Crippen molar-refractivity contribution in [2.24, 2.45) is 0 Å². The van der Waals surface area contributed by atoms with Crippen molar-refractivity contribution in [3.63, 3.8) is 0 Å². The lowest BCUT2D eigenvalue weighted by molar-refractivity contribution is 0.174. The molecule has 3 aromatic carbocycles. The standard InChI is InChI=1S/C27H22N4O4S/c1-3-17-6-8-18(9-7-17)25-29-24(35-30-25)14-36-27-28-21-13-23-22(33-15-34-23)12-20(21)26(32)31(27)19-10-4-16(2)5-11-19/h4-13H,3,14-15H2,1-2H3. The quantitative estimate of drug-likeness (QED) is 0.229. The summed E-state index contributed by atoms with van der Waals surface area (Å²) in [7, 11) is 0. The molecule has 180 valence electrons. The van der Waals surface area contributed by atoms with Gasteiger partial charge in [-0.3, -0.25) is 9.36 Å². The highest BCUT2D eigenvalue weighted by molar-refractivity contribution is 7.98. The zero-order valence-electron chi connectivity index (χ0n) is 19.7. The molecular formula is C27H22N4O4S. The van der Waals surface area contributed by atoms with E-state index in [1.807, 2.05) is 43.3 Å². The Bertz CT molecular complexity index is 1630. The largest absolute Gasteiger partial charge is 0.454 e. The molecule has 0 N–H and O–H groups in total. The van der Waals surface area contributed by atoms with Crippen LogP contribution in [0.3, 0.4) is 0 Å². The molecule has 9 heteroatoms. The van der Waals surface area contributed by atoms with Gasteiger partial charge >= 0.3 is 0 Å². The number of hydrogen-bond acceptors (Lipinski definition) is 8. The minimum Gasteiger partial charge on any atom is -0.454 e. The summed E-state index contributed by atoms with van der Waals surface area (Å²) in [5.74, 6) is 2.46. The molecule has 0 fully saturated rings. The van der Waals surface area contributed by atoms with Crippen molar-refractivity contribution in [3.8, 4) is 28.6 Å². The Morgan fingerprint density at radius 1 is 0.972 bits per heavy atom. The summed E-state index contributed by atoms with van der Waals surface area (Å²) in [4.78, 5) is 23.0. The fraction of sp³-hybridized carbons (Fsp3) is 0.185. The van der Waals surface area contributed by atoms with Gasteiger partial charge in [-0.1, -0.05) is 65.8 Å². The molecule has 1 aliphatic heterocycles. The van der Waals surface area contributed by atoms with Gasteiger partial charge in [0.1, 0.15) is 0 Å². The van der Waals surface area contributed by atoms with E-state index in [1.54, 1.807) is 16.7 Å². The first-order chi connectivity index (χ1) is 17.6. The Labute approximate surface area is 210 Å². The summed E-state index contributed by atoms with van der Waals surface area (Å²) in [5, 5.41) is 5.11. The predicted molar refractivity (Wildman–Crippen MR) is 137 cm³/mol. The SMILES string of the molecule is CCc1ccc(-c2noc(CSc3nc4cc5c(cc4c(=O)n3-c3ccc(C)cc3)OCO5)n2)cc1. The third-order valence-corrected chi connectivity index (χ3v) is 6.96. The van der Waals surface area contributed by atoms with Crippen LogP contribution in [0.4, 0.5) is 0 Å². The summed E-state index contributed by atoms with van der Waals surface area (Å²) in [6, 6.07) is 19.3. The smallest absolute Gasteiger partial charge is 0.266 e. The molecule has 5 aromatic rings. The number of benzene rings is 3. The van der Waals surface area contributed by atoms with Gasteiger partial charge in [0.25, 0.3) is 5.56 Å². The number of hydrogen-bond donors (Lipinski definition) is 0. The average molecular weight is 499 g/mol. The highest BCUT2D eigenvalue weighted by atomic mass is 32.2. The molecule has 0 spiro atoms. The Morgan fingerprint density at radius 2 is 1.72 bits per heavy atom. The van der Waals surface area contributed by atoms with E-state index in [0.29, 0.717) is 45.0 Å². The van der Waals surface area contributed by atoms with Gasteiger partial charge in [0.15, 0.2) is 16.7 Å². The van der Waals surface area contributed by atoms with Crippen molar-refractivity contribution >= 4 is 22.7 Å². The van der Waals surface area contributed by atoms with Crippen molar-refractivity contribution in [1.82, 2.24) is 19.7 Å². The van der Waals surface area contributed by atoms with Crippen LogP contribution in [0.1, 0.15) is 23.9 Å². The van der Waals surface area contributed by atoms with E-state index < -0.39 is 0 Å². The number of aryl methyl sites for hydroxylation is 2. The molecule has 2 aromatic heterocycles. The molecule has 0 bridgehead atoms. The summed E-state index contributed by atoms with van der Waals surface area (Å²) in [6.07, 6.45) is 0.970. The molecule has 0 unspecified atom stereocenters. The lowest BCUT2D eigenvalue weighted by Crippen LogP contribution is -2.21. The summed E-state index contributed by atoms with van der Waals surface area (Å²) < 4.78 is 18.1. The summed E-state index contributed by atoms with van der Waals surface area (Å²) in [5.41, 5.74) is 4.32. The van der Waals surface area contributed by atoms with Gasteiger partial charge in [0, 0.05) is 11.6 Å². The van der Waals surface area contributed by atoms with Gasteiger partial charge in [0.05, 0.1) is 22.3 Å². The molecule has 0 radical (unpaired) electrons. The number of nitrogens with zero attached hydrogens (tertiary/aromatic N) is 4. The highest BCUT2D eigenvalue weighted by Gasteiger charge is 2.20. The monoisotopic (exact) mass is 498 g/mol. The number of aromatic nitrogens is 4. The molecule has 0 saturated heterocycles. The normalized spacial score (nSPS) is 12.4. The van der Waals surface area contributed by atoms with Crippen molar-refractivity contribution in [3.05, 3.63) is 88.0 Å². The summed E-state index contributed by atoms with van der Waals surface area (Å²) in [6.45, 7) is 4.24. The van der Waals surface area contributed by atoms with Crippen LogP contribution in [0.25, 0.3) is 28.0 Å². The van der Waals surface area contributed by atoms with Crippen LogP contribution in [-0.4, -0.2) is 26.5 Å². The van der Waals surface area contributed by atoms with Crippen LogP contribution in [-0.2, 0) is 12.2 Å². The van der Waals surface area contributed by atoms with Gasteiger partial charge in [-0.25, -0.2) is 4.98 Å². The van der Waals surface area contributed by atoms with Gasteiger partial charge in [-0.15, -0.1) is 0 Å². The fourth-order valence-electron chi connectivity index (χ4n) is 4.02. The fourth-order valence-corrected chi connectivity index (χ4v) is 4.87. The van der Waals surface area contributed by atoms with Crippen LogP contribution in [0.15, 0.2) is 75.1 Å². The van der Waals surface area contributed by atoms with Crippen molar-refractivity contribution in [2.75, 3.05) is 6.79 Å². The Morgan fingerprint density at radius 3 is 2.47 bits per heavy atom. The Balaban J connectivity index is 1.36. The van der Waals surface area contributed by atoms with E-state index in [4.69, 9.17) is 19.0 Å². The van der Waals surface area contributed by atoms with Gasteiger partial charge in [-0.05, 0) is 37.1 Å². The second-order valence-electron chi connectivity index (χ2n) is 8.44. The van der Waals surface area contributed by atoms with E-state index in [-0.39, 0.29) is 12.4 Å². The number of ether oxygens (including phenoxy) is 2. The first-order valence-corrected chi connectivity index (χ1v) is 12.6. The lowest BCUT2D eigenvalue weighted by Gasteiger charge is -2.13. The van der Waals surface area contributed by atoms with E-state index in [2.05, 4.69) is 29.2 Å². The van der Waals surface area contributed by atoms with Crippen molar-refractivity contribution in [2.45, 2.75) is 31.2 Å². The first-order valence-electron chi connectivity index (χ1n) is 11.6.